The Kier molecular flexibility index (Phi) is 5.15. The van der Waals surface area contributed by atoms with Gasteiger partial charge in [0.05, 0.1) is 6.61 Å². The summed E-state index contributed by atoms with van der Waals surface area (Å²) in [7, 11) is 1.62. The summed E-state index contributed by atoms with van der Waals surface area (Å²) >= 11 is 0. The Balaban J connectivity index is 2.62. The fourth-order valence-corrected chi connectivity index (χ4v) is 1.20. The number of methoxy groups -OCH3 is 1. The lowest BCUT2D eigenvalue weighted by molar-refractivity contribution is -0.134. The number of aryl methyl sites for hydroxylation is 1. The minimum absolute atomic E-state index is 0.173. The number of nitrogens with one attached hydrogen (secondary N) is 2. The third-order valence-electron chi connectivity index (χ3n) is 1.87. The second-order valence-electron chi connectivity index (χ2n) is 3.35. The van der Waals surface area contributed by atoms with Gasteiger partial charge in [-0.1, -0.05) is 0 Å². The molecule has 0 aliphatic rings. The summed E-state index contributed by atoms with van der Waals surface area (Å²) in [4.78, 5) is 18.7. The van der Waals surface area contributed by atoms with Crippen LogP contribution in [0, 0.1) is 6.92 Å². The van der Waals surface area contributed by atoms with Crippen molar-refractivity contribution < 1.29 is 14.6 Å². The topological polar surface area (TPSA) is 96.4 Å². The molecule has 1 heterocycles. The molecule has 0 spiro atoms. The normalized spacial score (nSPS) is 10.0. The molecule has 1 aromatic rings. The molecule has 17 heavy (non-hydrogen) atoms. The van der Waals surface area contributed by atoms with Gasteiger partial charge < -0.3 is 20.5 Å². The first-order valence-corrected chi connectivity index (χ1v) is 5.16. The van der Waals surface area contributed by atoms with Gasteiger partial charge in [-0.05, 0) is 6.92 Å². The van der Waals surface area contributed by atoms with Gasteiger partial charge in [-0.25, -0.2) is 9.97 Å². The first-order chi connectivity index (χ1) is 8.11. The molecule has 0 bridgehead atoms. The van der Waals surface area contributed by atoms with Gasteiger partial charge in [-0.2, -0.15) is 0 Å². The van der Waals surface area contributed by atoms with Crippen LogP contribution in [0.5, 0.6) is 0 Å². The monoisotopic (exact) mass is 240 g/mol. The highest BCUT2D eigenvalue weighted by atomic mass is 16.5. The molecule has 94 valence electrons. The van der Waals surface area contributed by atoms with Crippen molar-refractivity contribution >= 4 is 17.6 Å². The average Bonchev–Trinajstić information content (AvgIpc) is 2.26. The molecular weight excluding hydrogens is 224 g/mol. The molecule has 0 unspecified atom stereocenters. The smallest absolute Gasteiger partial charge is 0.322 e. The second-order valence-corrected chi connectivity index (χ2v) is 3.35. The highest BCUT2D eigenvalue weighted by Crippen LogP contribution is 2.10. The van der Waals surface area contributed by atoms with E-state index in [1.54, 1.807) is 20.1 Å². The number of carbonyl (C=O) groups is 1. The van der Waals surface area contributed by atoms with Crippen molar-refractivity contribution in [3.8, 4) is 0 Å². The number of carboxylic acid groups (broad SMARTS) is 1. The van der Waals surface area contributed by atoms with Gasteiger partial charge in [-0.15, -0.1) is 0 Å². The summed E-state index contributed by atoms with van der Waals surface area (Å²) in [6.07, 6.45) is 0. The maximum Gasteiger partial charge on any atom is 0.322 e. The number of carboxylic acids is 1. The molecule has 3 N–H and O–H groups in total. The zero-order valence-electron chi connectivity index (χ0n) is 9.86. The second kappa shape index (κ2) is 6.64. The van der Waals surface area contributed by atoms with Crippen LogP contribution in [0.2, 0.25) is 0 Å². The molecule has 1 aromatic heterocycles. The van der Waals surface area contributed by atoms with Crippen LogP contribution < -0.4 is 10.6 Å². The molecule has 0 aliphatic carbocycles. The van der Waals surface area contributed by atoms with Crippen molar-refractivity contribution in [1.82, 2.24) is 9.97 Å². The summed E-state index contributed by atoms with van der Waals surface area (Å²) in [5.74, 6) is 0.762. The van der Waals surface area contributed by atoms with Gasteiger partial charge in [0.2, 0.25) is 0 Å². The number of aliphatic carboxylic acids is 1. The lowest BCUT2D eigenvalue weighted by Crippen LogP contribution is -2.15. The first-order valence-electron chi connectivity index (χ1n) is 5.16. The Morgan fingerprint density at radius 3 is 2.65 bits per heavy atom. The molecule has 1 rings (SSSR count). The van der Waals surface area contributed by atoms with Crippen LogP contribution in [0.1, 0.15) is 5.82 Å². The molecule has 0 radical (unpaired) electrons. The van der Waals surface area contributed by atoms with E-state index in [-0.39, 0.29) is 6.54 Å². The van der Waals surface area contributed by atoms with Crippen LogP contribution >= 0.6 is 0 Å². The van der Waals surface area contributed by atoms with E-state index in [1.807, 2.05) is 0 Å². The fourth-order valence-electron chi connectivity index (χ4n) is 1.20. The van der Waals surface area contributed by atoms with E-state index in [4.69, 9.17) is 9.84 Å². The predicted octanol–water partition coefficient (Wildman–Crippen LogP) is 0.340. The van der Waals surface area contributed by atoms with E-state index in [1.165, 1.54) is 0 Å². The van der Waals surface area contributed by atoms with E-state index in [0.717, 1.165) is 0 Å². The van der Waals surface area contributed by atoms with Crippen molar-refractivity contribution in [2.45, 2.75) is 6.92 Å². The molecule has 7 nitrogen and oxygen atoms in total. The third kappa shape index (κ3) is 5.12. The third-order valence-corrected chi connectivity index (χ3v) is 1.87. The van der Waals surface area contributed by atoms with Gasteiger partial charge in [0.1, 0.15) is 24.0 Å². The van der Waals surface area contributed by atoms with Crippen LogP contribution in [0.3, 0.4) is 0 Å². The molecule has 0 fully saturated rings. The molecule has 0 aromatic carbocycles. The first kappa shape index (κ1) is 13.2. The number of aromatic nitrogens is 2. The number of hydrogen-bond donors (Lipinski definition) is 3. The average molecular weight is 240 g/mol. The summed E-state index contributed by atoms with van der Waals surface area (Å²) < 4.78 is 4.90. The van der Waals surface area contributed by atoms with Gasteiger partial charge >= 0.3 is 5.97 Å². The van der Waals surface area contributed by atoms with Crippen LogP contribution in [0.25, 0.3) is 0 Å². The number of anilines is 2. The van der Waals surface area contributed by atoms with Gasteiger partial charge in [0.25, 0.3) is 0 Å². The quantitative estimate of drug-likeness (QED) is 0.591. The van der Waals surface area contributed by atoms with Gasteiger partial charge in [0, 0.05) is 19.7 Å². The summed E-state index contributed by atoms with van der Waals surface area (Å²) in [6, 6.07) is 1.66. The zero-order chi connectivity index (χ0) is 12.7. The maximum absolute atomic E-state index is 10.4. The van der Waals surface area contributed by atoms with Crippen LogP contribution in [-0.4, -0.2) is 47.8 Å². The molecule has 0 saturated heterocycles. The SMILES string of the molecule is COCCNc1cc(NCC(=O)O)nc(C)n1. The highest BCUT2D eigenvalue weighted by Gasteiger charge is 2.03. The maximum atomic E-state index is 10.4. The standard InChI is InChI=1S/C10H16N4O3/c1-7-13-8(11-3-4-17-2)5-9(14-7)12-6-10(15)16/h5H,3-4,6H2,1-2H3,(H,15,16)(H2,11,12,13,14). The van der Waals surface area contributed by atoms with Gasteiger partial charge in [-0.3, -0.25) is 4.79 Å². The van der Waals surface area contributed by atoms with E-state index < -0.39 is 5.97 Å². The largest absolute Gasteiger partial charge is 0.480 e. The van der Waals surface area contributed by atoms with Crippen molar-refractivity contribution in [3.63, 3.8) is 0 Å². The number of nitrogens with zero attached hydrogens (tertiary/aromatic N) is 2. The Labute approximate surface area is 99.2 Å². The lowest BCUT2D eigenvalue weighted by Gasteiger charge is -2.08. The Morgan fingerprint density at radius 1 is 1.41 bits per heavy atom. The van der Waals surface area contributed by atoms with E-state index in [2.05, 4.69) is 20.6 Å². The van der Waals surface area contributed by atoms with Crippen LogP contribution in [0.4, 0.5) is 11.6 Å². The van der Waals surface area contributed by atoms with E-state index >= 15 is 0 Å². The molecule has 0 atom stereocenters. The van der Waals surface area contributed by atoms with Crippen molar-refractivity contribution in [2.75, 3.05) is 37.4 Å². The Morgan fingerprint density at radius 2 is 2.06 bits per heavy atom. The molecule has 0 aliphatic heterocycles. The lowest BCUT2D eigenvalue weighted by atomic mass is 10.4. The molecule has 0 amide bonds. The number of rotatable bonds is 7. The summed E-state index contributed by atoms with van der Waals surface area (Å²) in [5.41, 5.74) is 0. The Bertz CT molecular complexity index is 384. The predicted molar refractivity (Wildman–Crippen MR) is 63.3 cm³/mol. The van der Waals surface area contributed by atoms with E-state index in [0.29, 0.717) is 30.6 Å². The summed E-state index contributed by atoms with van der Waals surface area (Å²) in [5, 5.41) is 14.3. The minimum atomic E-state index is -0.935. The molecular formula is C10H16N4O3. The fraction of sp³-hybridized carbons (Fsp3) is 0.500. The Hall–Kier alpha value is -1.89. The van der Waals surface area contributed by atoms with Gasteiger partial charge in [0.15, 0.2) is 0 Å². The molecule has 0 saturated carbocycles. The zero-order valence-corrected chi connectivity index (χ0v) is 9.86. The minimum Gasteiger partial charge on any atom is -0.480 e. The number of ether oxygens (including phenoxy) is 1. The highest BCUT2D eigenvalue weighted by molar-refractivity contribution is 5.72. The number of hydrogen-bond acceptors (Lipinski definition) is 6. The summed E-state index contributed by atoms with van der Waals surface area (Å²) in [6.45, 7) is 2.77. The molecule has 7 heteroatoms. The van der Waals surface area contributed by atoms with Crippen molar-refractivity contribution in [2.24, 2.45) is 0 Å². The van der Waals surface area contributed by atoms with Crippen molar-refractivity contribution in [3.05, 3.63) is 11.9 Å². The van der Waals surface area contributed by atoms with E-state index in [9.17, 15) is 4.79 Å². The van der Waals surface area contributed by atoms with Crippen molar-refractivity contribution in [1.29, 1.82) is 0 Å². The van der Waals surface area contributed by atoms with Crippen LogP contribution in [0.15, 0.2) is 6.07 Å². The van der Waals surface area contributed by atoms with Crippen LogP contribution in [-0.2, 0) is 9.53 Å².